The minimum atomic E-state index is -4.73. The Hall–Kier alpha value is -2.58. The van der Waals surface area contributed by atoms with E-state index in [1.54, 1.807) is 0 Å². The summed E-state index contributed by atoms with van der Waals surface area (Å²) in [4.78, 5) is 12.0. The maximum Gasteiger partial charge on any atom is 0.452 e. The molecule has 1 fully saturated rings. The Morgan fingerprint density at radius 2 is 2.04 bits per heavy atom. The van der Waals surface area contributed by atoms with Gasteiger partial charge in [-0.05, 0) is 37.0 Å². The number of nitrogens with zero attached hydrogens (tertiary/aromatic N) is 1. The SMILES string of the molecule is O=C(Nc1noc(C(F)(F)F)c1C1CC1)c1cc(F)ccc1O. The molecule has 5 nitrogen and oxygen atoms in total. The van der Waals surface area contributed by atoms with Crippen LogP contribution in [0.15, 0.2) is 22.7 Å². The number of hydrogen-bond donors (Lipinski definition) is 2. The molecule has 2 aromatic rings. The van der Waals surface area contributed by atoms with Gasteiger partial charge in [-0.15, -0.1) is 0 Å². The maximum absolute atomic E-state index is 13.2. The minimum Gasteiger partial charge on any atom is -0.507 e. The number of carbonyl (C=O) groups is 1. The van der Waals surface area contributed by atoms with Crippen LogP contribution in [-0.4, -0.2) is 16.2 Å². The molecule has 1 aliphatic carbocycles. The molecule has 0 atom stereocenters. The summed E-state index contributed by atoms with van der Waals surface area (Å²) in [5.74, 6) is -4.27. The number of aromatic nitrogens is 1. The summed E-state index contributed by atoms with van der Waals surface area (Å²) in [5.41, 5.74) is -0.634. The van der Waals surface area contributed by atoms with E-state index in [1.807, 2.05) is 0 Å². The second kappa shape index (κ2) is 5.25. The van der Waals surface area contributed by atoms with E-state index in [0.717, 1.165) is 18.2 Å². The average Bonchev–Trinajstić information content (AvgIpc) is 3.21. The average molecular weight is 330 g/mol. The van der Waals surface area contributed by atoms with Crippen LogP contribution in [0.3, 0.4) is 0 Å². The number of nitrogens with one attached hydrogen (secondary N) is 1. The zero-order valence-corrected chi connectivity index (χ0v) is 11.4. The number of benzene rings is 1. The molecule has 23 heavy (non-hydrogen) atoms. The summed E-state index contributed by atoms with van der Waals surface area (Å²) in [7, 11) is 0. The van der Waals surface area contributed by atoms with Crippen LogP contribution < -0.4 is 5.32 Å². The lowest BCUT2D eigenvalue weighted by atomic mass is 10.1. The molecule has 0 bridgehead atoms. The molecule has 0 aliphatic heterocycles. The molecule has 1 aliphatic rings. The van der Waals surface area contributed by atoms with Crippen LogP contribution in [0.1, 0.15) is 40.4 Å². The van der Waals surface area contributed by atoms with Crippen molar-refractivity contribution in [3.05, 3.63) is 40.9 Å². The van der Waals surface area contributed by atoms with Gasteiger partial charge in [0.1, 0.15) is 11.6 Å². The Bertz CT molecular complexity index is 766. The fraction of sp³-hybridized carbons (Fsp3) is 0.286. The molecule has 0 spiro atoms. The zero-order valence-electron chi connectivity index (χ0n) is 11.4. The van der Waals surface area contributed by atoms with Crippen molar-refractivity contribution in [1.82, 2.24) is 5.16 Å². The van der Waals surface area contributed by atoms with Gasteiger partial charge in [0.05, 0.1) is 11.1 Å². The quantitative estimate of drug-likeness (QED) is 0.842. The second-order valence-electron chi connectivity index (χ2n) is 5.16. The highest BCUT2D eigenvalue weighted by atomic mass is 19.4. The number of amides is 1. The summed E-state index contributed by atoms with van der Waals surface area (Å²) < 4.78 is 56.1. The molecule has 1 heterocycles. The van der Waals surface area contributed by atoms with Gasteiger partial charge in [-0.25, -0.2) is 4.39 Å². The van der Waals surface area contributed by atoms with E-state index >= 15 is 0 Å². The molecule has 1 amide bonds. The Morgan fingerprint density at radius 3 is 2.65 bits per heavy atom. The van der Waals surface area contributed by atoms with Gasteiger partial charge in [0.2, 0.25) is 5.76 Å². The number of anilines is 1. The Labute approximate surface area is 126 Å². The number of aromatic hydroxyl groups is 1. The predicted molar refractivity (Wildman–Crippen MR) is 69.5 cm³/mol. The van der Waals surface area contributed by atoms with Crippen molar-refractivity contribution in [2.75, 3.05) is 5.32 Å². The fourth-order valence-electron chi connectivity index (χ4n) is 2.21. The second-order valence-corrected chi connectivity index (χ2v) is 5.16. The van der Waals surface area contributed by atoms with Gasteiger partial charge < -0.3 is 14.9 Å². The first-order valence-electron chi connectivity index (χ1n) is 6.64. The van der Waals surface area contributed by atoms with Crippen LogP contribution in [0.4, 0.5) is 23.4 Å². The van der Waals surface area contributed by atoms with E-state index < -0.39 is 40.9 Å². The molecule has 0 saturated heterocycles. The highest BCUT2D eigenvalue weighted by Gasteiger charge is 2.45. The minimum absolute atomic E-state index is 0.221. The van der Waals surface area contributed by atoms with Crippen LogP contribution in [-0.2, 0) is 6.18 Å². The van der Waals surface area contributed by atoms with Crippen LogP contribution >= 0.6 is 0 Å². The third-order valence-corrected chi connectivity index (χ3v) is 3.41. The molecule has 122 valence electrons. The smallest absolute Gasteiger partial charge is 0.452 e. The van der Waals surface area contributed by atoms with Crippen LogP contribution in [0.5, 0.6) is 5.75 Å². The van der Waals surface area contributed by atoms with Crippen molar-refractivity contribution < 1.29 is 32.0 Å². The lowest BCUT2D eigenvalue weighted by molar-refractivity contribution is -0.156. The highest BCUT2D eigenvalue weighted by Crippen LogP contribution is 2.49. The van der Waals surface area contributed by atoms with Gasteiger partial charge in [0.15, 0.2) is 5.82 Å². The first kappa shape index (κ1) is 15.3. The Balaban J connectivity index is 1.93. The van der Waals surface area contributed by atoms with Crippen molar-refractivity contribution in [2.45, 2.75) is 24.9 Å². The largest absolute Gasteiger partial charge is 0.507 e. The lowest BCUT2D eigenvalue weighted by Gasteiger charge is -2.07. The van der Waals surface area contributed by atoms with E-state index in [2.05, 4.69) is 15.0 Å². The number of halogens is 4. The molecule has 1 saturated carbocycles. The van der Waals surface area contributed by atoms with Crippen molar-refractivity contribution in [3.8, 4) is 5.75 Å². The Kier molecular flexibility index (Phi) is 3.50. The van der Waals surface area contributed by atoms with Gasteiger partial charge in [-0.1, -0.05) is 5.16 Å². The Morgan fingerprint density at radius 1 is 1.35 bits per heavy atom. The van der Waals surface area contributed by atoms with Crippen molar-refractivity contribution in [3.63, 3.8) is 0 Å². The maximum atomic E-state index is 13.2. The van der Waals surface area contributed by atoms with E-state index in [4.69, 9.17) is 0 Å². The number of alkyl halides is 3. The van der Waals surface area contributed by atoms with Gasteiger partial charge in [-0.3, -0.25) is 4.79 Å². The predicted octanol–water partition coefficient (Wildman–Crippen LogP) is 3.67. The van der Waals surface area contributed by atoms with Crippen LogP contribution in [0, 0.1) is 5.82 Å². The molecule has 1 aromatic carbocycles. The topological polar surface area (TPSA) is 75.4 Å². The van der Waals surface area contributed by atoms with Gasteiger partial charge in [0.25, 0.3) is 5.91 Å². The summed E-state index contributed by atoms with van der Waals surface area (Å²) in [6.45, 7) is 0. The molecular formula is C14H10F4N2O3. The van der Waals surface area contributed by atoms with Gasteiger partial charge in [-0.2, -0.15) is 13.2 Å². The van der Waals surface area contributed by atoms with Crippen molar-refractivity contribution >= 4 is 11.7 Å². The highest BCUT2D eigenvalue weighted by molar-refractivity contribution is 6.06. The van der Waals surface area contributed by atoms with Crippen molar-refractivity contribution in [2.24, 2.45) is 0 Å². The van der Waals surface area contributed by atoms with Crippen LogP contribution in [0.25, 0.3) is 0 Å². The number of rotatable bonds is 3. The standard InChI is InChI=1S/C14H10F4N2O3/c15-7-3-4-9(21)8(5-7)13(22)19-12-10(6-1-2-6)11(23-20-12)14(16,17)18/h3-6,21H,1-2H2,(H,19,20,22). The van der Waals surface area contributed by atoms with Gasteiger partial charge in [0, 0.05) is 0 Å². The third-order valence-electron chi connectivity index (χ3n) is 3.41. The third kappa shape index (κ3) is 2.99. The number of hydrogen-bond acceptors (Lipinski definition) is 4. The van der Waals surface area contributed by atoms with E-state index in [-0.39, 0.29) is 11.4 Å². The monoisotopic (exact) mass is 330 g/mol. The number of phenols is 1. The molecule has 1 aromatic heterocycles. The molecular weight excluding hydrogens is 320 g/mol. The molecule has 9 heteroatoms. The van der Waals surface area contributed by atoms with Crippen molar-refractivity contribution in [1.29, 1.82) is 0 Å². The molecule has 3 rings (SSSR count). The summed E-state index contributed by atoms with van der Waals surface area (Å²) in [6, 6.07) is 2.68. The first-order chi connectivity index (χ1) is 10.8. The number of carbonyl (C=O) groups excluding carboxylic acids is 1. The molecule has 0 radical (unpaired) electrons. The van der Waals surface area contributed by atoms with Gasteiger partial charge >= 0.3 is 6.18 Å². The molecule has 2 N–H and O–H groups in total. The first-order valence-corrected chi connectivity index (χ1v) is 6.64. The van der Waals surface area contributed by atoms with E-state index in [1.165, 1.54) is 0 Å². The summed E-state index contributed by atoms with van der Waals surface area (Å²) in [6.07, 6.45) is -3.67. The fourth-order valence-corrected chi connectivity index (χ4v) is 2.21. The normalized spacial score (nSPS) is 14.8. The molecule has 0 unspecified atom stereocenters. The van der Waals surface area contributed by atoms with E-state index in [9.17, 15) is 27.5 Å². The zero-order chi connectivity index (χ0) is 16.8. The van der Waals surface area contributed by atoms with E-state index in [0.29, 0.717) is 12.8 Å². The summed E-state index contributed by atoms with van der Waals surface area (Å²) >= 11 is 0. The number of phenolic OH excluding ortho intramolecular Hbond substituents is 1. The van der Waals surface area contributed by atoms with Crippen LogP contribution in [0.2, 0.25) is 0 Å². The lowest BCUT2D eigenvalue weighted by Crippen LogP contribution is -2.14. The summed E-state index contributed by atoms with van der Waals surface area (Å²) in [5, 5.41) is 15.0.